The largest absolute Gasteiger partial charge is 0.497 e. The highest BCUT2D eigenvalue weighted by Crippen LogP contribution is 2.30. The number of nitrogens with one attached hydrogen (secondary N) is 3. The number of amides is 3. The average Bonchev–Trinajstić information content (AvgIpc) is 3.22. The van der Waals surface area contributed by atoms with Gasteiger partial charge in [-0.3, -0.25) is 10.1 Å². The number of carbonyl (C=O) groups excluding carboxylic acids is 3. The third-order valence-electron chi connectivity index (χ3n) is 4.33. The number of urea groups is 1. The van der Waals surface area contributed by atoms with Gasteiger partial charge in [0.2, 0.25) is 0 Å². The Bertz CT molecular complexity index is 988. The quantitative estimate of drug-likeness (QED) is 0.608. The number of thioether (sulfide) groups is 1. The monoisotopic (exact) mass is 427 g/mol. The zero-order valence-electron chi connectivity index (χ0n) is 16.5. The molecule has 3 amide bonds. The lowest BCUT2D eigenvalue weighted by molar-refractivity contribution is -0.136. The van der Waals surface area contributed by atoms with E-state index < -0.39 is 11.9 Å². The first-order chi connectivity index (χ1) is 14.5. The first-order valence-electron chi connectivity index (χ1n) is 9.02. The molecule has 8 nitrogen and oxygen atoms in total. The van der Waals surface area contributed by atoms with Crippen molar-refractivity contribution in [3.63, 3.8) is 0 Å². The van der Waals surface area contributed by atoms with Crippen molar-refractivity contribution in [2.24, 2.45) is 0 Å². The van der Waals surface area contributed by atoms with Crippen LogP contribution in [-0.4, -0.2) is 43.6 Å². The Balaban J connectivity index is 1.69. The van der Waals surface area contributed by atoms with E-state index in [2.05, 4.69) is 16.0 Å². The van der Waals surface area contributed by atoms with Crippen LogP contribution in [0.5, 0.6) is 5.75 Å². The van der Waals surface area contributed by atoms with Crippen molar-refractivity contribution in [2.75, 3.05) is 36.4 Å². The second-order valence-electron chi connectivity index (χ2n) is 6.25. The third kappa shape index (κ3) is 5.12. The van der Waals surface area contributed by atoms with Crippen LogP contribution >= 0.6 is 11.8 Å². The molecule has 0 unspecified atom stereocenters. The number of methoxy groups -OCH3 is 2. The highest BCUT2D eigenvalue weighted by atomic mass is 32.2. The maximum Gasteiger partial charge on any atom is 0.336 e. The van der Waals surface area contributed by atoms with Gasteiger partial charge in [-0.05, 0) is 36.4 Å². The molecule has 30 heavy (non-hydrogen) atoms. The number of carbonyl (C=O) groups is 3. The molecule has 0 bridgehead atoms. The molecule has 1 aliphatic heterocycles. The number of para-hydroxylation sites is 2. The fourth-order valence-corrected chi connectivity index (χ4v) is 3.83. The molecule has 1 aliphatic rings. The highest BCUT2D eigenvalue weighted by molar-refractivity contribution is 8.00. The molecule has 9 heteroatoms. The van der Waals surface area contributed by atoms with Crippen LogP contribution in [0.4, 0.5) is 16.2 Å². The van der Waals surface area contributed by atoms with Crippen LogP contribution in [0, 0.1) is 0 Å². The van der Waals surface area contributed by atoms with E-state index in [0.29, 0.717) is 39.8 Å². The second-order valence-corrected chi connectivity index (χ2v) is 7.23. The Morgan fingerprint density at radius 2 is 1.63 bits per heavy atom. The molecule has 0 aliphatic carbocycles. The first kappa shape index (κ1) is 21.3. The molecule has 3 N–H and O–H groups in total. The Kier molecular flexibility index (Phi) is 6.97. The van der Waals surface area contributed by atoms with E-state index in [1.54, 1.807) is 60.3 Å². The van der Waals surface area contributed by atoms with E-state index in [9.17, 15) is 14.4 Å². The minimum atomic E-state index is -0.673. The molecule has 0 saturated heterocycles. The van der Waals surface area contributed by atoms with Gasteiger partial charge in [0, 0.05) is 22.8 Å². The summed E-state index contributed by atoms with van der Waals surface area (Å²) in [4.78, 5) is 36.5. The highest BCUT2D eigenvalue weighted by Gasteiger charge is 2.23. The summed E-state index contributed by atoms with van der Waals surface area (Å²) in [5.41, 5.74) is 2.69. The summed E-state index contributed by atoms with van der Waals surface area (Å²) in [6.07, 6.45) is 0. The molecule has 1 heterocycles. The number of rotatable bonds is 6. The van der Waals surface area contributed by atoms with Crippen LogP contribution < -0.4 is 20.7 Å². The van der Waals surface area contributed by atoms with Gasteiger partial charge in [-0.25, -0.2) is 9.59 Å². The summed E-state index contributed by atoms with van der Waals surface area (Å²) in [7, 11) is 2.87. The summed E-state index contributed by atoms with van der Waals surface area (Å²) in [6.45, 7) is 0. The number of hydrogen-bond donors (Lipinski definition) is 3. The zero-order chi connectivity index (χ0) is 21.5. The normalized spacial score (nSPS) is 12.9. The van der Waals surface area contributed by atoms with Crippen LogP contribution in [0.3, 0.4) is 0 Å². The predicted octanol–water partition coefficient (Wildman–Crippen LogP) is 3.24. The van der Waals surface area contributed by atoms with Gasteiger partial charge >= 0.3 is 12.0 Å². The smallest absolute Gasteiger partial charge is 0.336 e. The topological polar surface area (TPSA) is 106 Å². The van der Waals surface area contributed by atoms with Gasteiger partial charge in [-0.2, -0.15) is 11.8 Å². The molecule has 2 aromatic rings. The van der Waals surface area contributed by atoms with Gasteiger partial charge in [-0.15, -0.1) is 0 Å². The molecule has 0 atom stereocenters. The number of hydrogen-bond acceptors (Lipinski definition) is 7. The van der Waals surface area contributed by atoms with E-state index in [1.165, 1.54) is 14.2 Å². The van der Waals surface area contributed by atoms with E-state index in [1.807, 2.05) is 0 Å². The molecule has 2 aromatic carbocycles. The number of esters is 1. The maximum atomic E-state index is 12.3. The zero-order valence-corrected chi connectivity index (χ0v) is 17.3. The molecule has 156 valence electrons. The summed E-state index contributed by atoms with van der Waals surface area (Å²) in [6, 6.07) is 12.8. The fraction of sp³-hybridized carbons (Fsp3) is 0.190. The van der Waals surface area contributed by atoms with Crippen LogP contribution in [0.2, 0.25) is 0 Å². The number of benzene rings is 2. The number of imide groups is 1. The van der Waals surface area contributed by atoms with Crippen molar-refractivity contribution in [3.8, 4) is 5.75 Å². The summed E-state index contributed by atoms with van der Waals surface area (Å²) >= 11 is 1.59. The Morgan fingerprint density at radius 1 is 0.933 bits per heavy atom. The Hall–Kier alpha value is -3.46. The Morgan fingerprint density at radius 3 is 2.30 bits per heavy atom. The van der Waals surface area contributed by atoms with Crippen molar-refractivity contribution in [1.82, 2.24) is 5.32 Å². The van der Waals surface area contributed by atoms with Gasteiger partial charge in [0.15, 0.2) is 0 Å². The van der Waals surface area contributed by atoms with E-state index in [0.717, 1.165) is 5.70 Å². The van der Waals surface area contributed by atoms with E-state index >= 15 is 0 Å². The van der Waals surface area contributed by atoms with Gasteiger partial charge in [0.1, 0.15) is 5.75 Å². The lowest BCUT2D eigenvalue weighted by atomic mass is 10.2. The van der Waals surface area contributed by atoms with Crippen molar-refractivity contribution < 1.29 is 23.9 Å². The van der Waals surface area contributed by atoms with Gasteiger partial charge in [0.05, 0.1) is 31.2 Å². The lowest BCUT2D eigenvalue weighted by Crippen LogP contribution is -2.34. The van der Waals surface area contributed by atoms with Gasteiger partial charge < -0.3 is 20.1 Å². The SMILES string of the molecule is COC(=O)C1=C(Nc2ccccc2NC(=O)NC(=O)c2ccc(OC)cc2)CSC1. The van der Waals surface area contributed by atoms with Crippen LogP contribution in [0.15, 0.2) is 59.8 Å². The Labute approximate surface area is 178 Å². The minimum Gasteiger partial charge on any atom is -0.497 e. The van der Waals surface area contributed by atoms with Gasteiger partial charge in [0.25, 0.3) is 5.91 Å². The third-order valence-corrected chi connectivity index (χ3v) is 5.31. The van der Waals surface area contributed by atoms with Crippen LogP contribution in [0.1, 0.15) is 10.4 Å². The molecule has 3 rings (SSSR count). The molecule has 0 spiro atoms. The molecule has 0 aromatic heterocycles. The van der Waals surface area contributed by atoms with Crippen molar-refractivity contribution in [3.05, 3.63) is 65.4 Å². The summed E-state index contributed by atoms with van der Waals surface area (Å²) in [5.74, 6) is 0.878. The summed E-state index contributed by atoms with van der Waals surface area (Å²) in [5, 5.41) is 8.15. The van der Waals surface area contributed by atoms with E-state index in [-0.39, 0.29) is 5.97 Å². The molecule has 0 radical (unpaired) electrons. The van der Waals surface area contributed by atoms with Crippen molar-refractivity contribution in [2.45, 2.75) is 0 Å². The standard InChI is InChI=1S/C21H21N3O5S/c1-28-14-9-7-13(8-10-14)19(25)24-21(27)23-17-6-4-3-5-16(17)22-18-12-30-11-15(18)20(26)29-2/h3-10,22H,11-12H2,1-2H3,(H2,23,24,25,27). The van der Waals surface area contributed by atoms with Gasteiger partial charge in [-0.1, -0.05) is 12.1 Å². The minimum absolute atomic E-state index is 0.327. The lowest BCUT2D eigenvalue weighted by Gasteiger charge is -2.15. The first-order valence-corrected chi connectivity index (χ1v) is 10.2. The van der Waals surface area contributed by atoms with Crippen LogP contribution in [0.25, 0.3) is 0 Å². The van der Waals surface area contributed by atoms with Crippen molar-refractivity contribution >= 4 is 41.0 Å². The summed E-state index contributed by atoms with van der Waals surface area (Å²) < 4.78 is 9.88. The van der Waals surface area contributed by atoms with Crippen LogP contribution in [-0.2, 0) is 9.53 Å². The average molecular weight is 427 g/mol. The second kappa shape index (κ2) is 9.84. The maximum absolute atomic E-state index is 12.3. The van der Waals surface area contributed by atoms with E-state index in [4.69, 9.17) is 9.47 Å². The fourth-order valence-electron chi connectivity index (χ4n) is 2.78. The number of anilines is 2. The van der Waals surface area contributed by atoms with Crippen molar-refractivity contribution in [1.29, 1.82) is 0 Å². The number of ether oxygens (including phenoxy) is 2. The molecule has 0 saturated carbocycles. The molecular weight excluding hydrogens is 406 g/mol. The molecular formula is C21H21N3O5S. The predicted molar refractivity (Wildman–Crippen MR) is 116 cm³/mol. The molecule has 0 fully saturated rings.